The molecule has 0 radical (unpaired) electrons. The van der Waals surface area contributed by atoms with Crippen LogP contribution in [0.25, 0.3) is 0 Å². The number of carbonyl (C=O) groups is 4. The van der Waals surface area contributed by atoms with Crippen LogP contribution in [0.2, 0.25) is 0 Å². The van der Waals surface area contributed by atoms with E-state index in [0.717, 1.165) is 16.2 Å². The molecule has 0 unspecified atom stereocenters. The van der Waals surface area contributed by atoms with Gasteiger partial charge in [-0.15, -0.1) is 0 Å². The van der Waals surface area contributed by atoms with Gasteiger partial charge >= 0.3 is 0 Å². The van der Waals surface area contributed by atoms with Gasteiger partial charge in [0.1, 0.15) is 0 Å². The molecule has 0 atom stereocenters. The summed E-state index contributed by atoms with van der Waals surface area (Å²) in [6, 6.07) is 21.0. The Bertz CT molecular complexity index is 1240. The third-order valence-electron chi connectivity index (χ3n) is 5.60. The zero-order valence-corrected chi connectivity index (χ0v) is 18.4. The Morgan fingerprint density at radius 3 is 2.21 bits per heavy atom. The van der Waals surface area contributed by atoms with Crippen molar-refractivity contribution in [1.29, 1.82) is 0 Å². The molecule has 0 spiro atoms. The summed E-state index contributed by atoms with van der Waals surface area (Å²) in [6.07, 6.45) is 0.242. The van der Waals surface area contributed by atoms with Crippen LogP contribution in [0.3, 0.4) is 0 Å². The molecule has 4 rings (SSSR count). The third-order valence-corrected chi connectivity index (χ3v) is 5.60. The molecule has 0 aliphatic carbocycles. The van der Waals surface area contributed by atoms with Crippen molar-refractivity contribution in [2.24, 2.45) is 0 Å². The van der Waals surface area contributed by atoms with Crippen molar-refractivity contribution in [1.82, 2.24) is 4.90 Å². The first-order chi connectivity index (χ1) is 15.9. The lowest BCUT2D eigenvalue weighted by molar-refractivity contribution is -0.117. The van der Waals surface area contributed by atoms with Gasteiger partial charge in [0, 0.05) is 30.5 Å². The van der Waals surface area contributed by atoms with E-state index in [1.54, 1.807) is 29.2 Å². The van der Waals surface area contributed by atoms with Gasteiger partial charge in [-0.1, -0.05) is 30.3 Å². The van der Waals surface area contributed by atoms with Crippen molar-refractivity contribution in [2.45, 2.75) is 13.3 Å². The summed E-state index contributed by atoms with van der Waals surface area (Å²) in [5.41, 5.74) is 3.05. The molecular weight excluding hydrogens is 418 g/mol. The number of hydrogen-bond acceptors (Lipinski definition) is 4. The average molecular weight is 441 g/mol. The van der Waals surface area contributed by atoms with Crippen LogP contribution in [0.1, 0.15) is 43.6 Å². The van der Waals surface area contributed by atoms with Gasteiger partial charge in [-0.25, -0.2) is 0 Å². The number of likely N-dealkylation sites (N-methyl/N-ethyl adjacent to an activating group) is 1. The van der Waals surface area contributed by atoms with E-state index >= 15 is 0 Å². The SMILES string of the molecule is CCN(C(=O)Cc1ccc(NC(=O)c2ccc3c(c2)C(=O)N(C)C3=O)cc1)c1ccccc1. The van der Waals surface area contributed by atoms with Crippen molar-refractivity contribution in [3.05, 3.63) is 95.1 Å². The topological polar surface area (TPSA) is 86.8 Å². The Balaban J connectivity index is 1.42. The number of rotatable bonds is 6. The van der Waals surface area contributed by atoms with Crippen LogP contribution in [0, 0.1) is 0 Å². The Morgan fingerprint density at radius 2 is 1.55 bits per heavy atom. The van der Waals surface area contributed by atoms with Crippen LogP contribution >= 0.6 is 0 Å². The van der Waals surface area contributed by atoms with Gasteiger partial charge in [-0.3, -0.25) is 24.1 Å². The summed E-state index contributed by atoms with van der Waals surface area (Å²) in [5.74, 6) is -1.20. The number of benzene rings is 3. The number of anilines is 2. The normalized spacial score (nSPS) is 12.5. The maximum Gasteiger partial charge on any atom is 0.261 e. The van der Waals surface area contributed by atoms with Crippen LogP contribution in [-0.2, 0) is 11.2 Å². The second-order valence-corrected chi connectivity index (χ2v) is 7.73. The van der Waals surface area contributed by atoms with Crippen molar-refractivity contribution in [3.63, 3.8) is 0 Å². The van der Waals surface area contributed by atoms with E-state index in [4.69, 9.17) is 0 Å². The molecule has 3 aromatic rings. The van der Waals surface area contributed by atoms with E-state index in [-0.39, 0.29) is 29.4 Å². The standard InChI is InChI=1S/C26H23N3O4/c1-3-29(20-7-5-4-6-8-20)23(30)15-17-9-12-19(13-10-17)27-24(31)18-11-14-21-22(16-18)26(33)28(2)25(21)32/h4-14,16H,3,15H2,1-2H3,(H,27,31). The minimum absolute atomic E-state index is 0.0113. The van der Waals surface area contributed by atoms with Gasteiger partial charge < -0.3 is 10.2 Å². The van der Waals surface area contributed by atoms with Crippen LogP contribution in [0.15, 0.2) is 72.8 Å². The lowest BCUT2D eigenvalue weighted by Crippen LogP contribution is -2.31. The molecule has 0 aromatic heterocycles. The third kappa shape index (κ3) is 4.39. The van der Waals surface area contributed by atoms with E-state index in [0.29, 0.717) is 17.8 Å². The van der Waals surface area contributed by atoms with Gasteiger partial charge in [0.05, 0.1) is 17.5 Å². The minimum Gasteiger partial charge on any atom is -0.322 e. The molecule has 7 heteroatoms. The maximum atomic E-state index is 12.8. The molecule has 0 fully saturated rings. The van der Waals surface area contributed by atoms with Crippen LogP contribution in [-0.4, -0.2) is 42.1 Å². The molecular formula is C26H23N3O4. The van der Waals surface area contributed by atoms with Gasteiger partial charge in [0.2, 0.25) is 5.91 Å². The molecule has 0 saturated heterocycles. The summed E-state index contributed by atoms with van der Waals surface area (Å²) < 4.78 is 0. The highest BCUT2D eigenvalue weighted by atomic mass is 16.2. The second kappa shape index (κ2) is 9.08. The van der Waals surface area contributed by atoms with E-state index in [2.05, 4.69) is 5.32 Å². The van der Waals surface area contributed by atoms with Gasteiger partial charge in [-0.2, -0.15) is 0 Å². The van der Waals surface area contributed by atoms with Crippen LogP contribution in [0.5, 0.6) is 0 Å². The molecule has 1 heterocycles. The first-order valence-corrected chi connectivity index (χ1v) is 10.6. The summed E-state index contributed by atoms with van der Waals surface area (Å²) in [7, 11) is 1.41. The fourth-order valence-corrected chi connectivity index (χ4v) is 3.79. The van der Waals surface area contributed by atoms with Crippen LogP contribution in [0.4, 0.5) is 11.4 Å². The maximum absolute atomic E-state index is 12.8. The number of nitrogens with zero attached hydrogens (tertiary/aromatic N) is 2. The zero-order valence-electron chi connectivity index (χ0n) is 18.4. The Morgan fingerprint density at radius 1 is 0.879 bits per heavy atom. The first-order valence-electron chi connectivity index (χ1n) is 10.6. The van der Waals surface area contributed by atoms with Gasteiger partial charge in [0.25, 0.3) is 17.7 Å². The summed E-state index contributed by atoms with van der Waals surface area (Å²) in [6.45, 7) is 2.51. The Labute approximate surface area is 191 Å². The largest absolute Gasteiger partial charge is 0.322 e. The molecule has 7 nitrogen and oxygen atoms in total. The smallest absolute Gasteiger partial charge is 0.261 e. The van der Waals surface area contributed by atoms with Crippen molar-refractivity contribution in [2.75, 3.05) is 23.8 Å². The van der Waals surface area contributed by atoms with Crippen molar-refractivity contribution >= 4 is 35.0 Å². The Kier molecular flexibility index (Phi) is 6.04. The summed E-state index contributed by atoms with van der Waals surface area (Å²) >= 11 is 0. The molecule has 1 aliphatic heterocycles. The van der Waals surface area contributed by atoms with E-state index in [1.807, 2.05) is 37.3 Å². The lowest BCUT2D eigenvalue weighted by atomic mass is 10.0. The molecule has 1 N–H and O–H groups in total. The van der Waals surface area contributed by atoms with Crippen molar-refractivity contribution < 1.29 is 19.2 Å². The zero-order chi connectivity index (χ0) is 23.5. The molecule has 3 aromatic carbocycles. The molecule has 4 amide bonds. The van der Waals surface area contributed by atoms with Crippen molar-refractivity contribution in [3.8, 4) is 0 Å². The lowest BCUT2D eigenvalue weighted by Gasteiger charge is -2.21. The summed E-state index contributed by atoms with van der Waals surface area (Å²) in [5, 5.41) is 2.78. The fourth-order valence-electron chi connectivity index (χ4n) is 3.79. The number of para-hydroxylation sites is 1. The Hall–Kier alpha value is -4.26. The molecule has 33 heavy (non-hydrogen) atoms. The predicted octanol–water partition coefficient (Wildman–Crippen LogP) is 3.76. The second-order valence-electron chi connectivity index (χ2n) is 7.73. The number of hydrogen-bond donors (Lipinski definition) is 1. The molecule has 166 valence electrons. The van der Waals surface area contributed by atoms with E-state index < -0.39 is 11.8 Å². The van der Waals surface area contributed by atoms with E-state index in [1.165, 1.54) is 25.2 Å². The van der Waals surface area contributed by atoms with Gasteiger partial charge in [0.15, 0.2) is 0 Å². The predicted molar refractivity (Wildman–Crippen MR) is 125 cm³/mol. The quantitative estimate of drug-likeness (QED) is 0.590. The highest BCUT2D eigenvalue weighted by Gasteiger charge is 2.33. The molecule has 0 saturated carbocycles. The number of fused-ring (bicyclic) bond motifs is 1. The fraction of sp³-hybridized carbons (Fsp3) is 0.154. The highest BCUT2D eigenvalue weighted by Crippen LogP contribution is 2.23. The van der Waals surface area contributed by atoms with Gasteiger partial charge in [-0.05, 0) is 55.0 Å². The number of carbonyl (C=O) groups excluding carboxylic acids is 4. The number of amides is 4. The molecule has 1 aliphatic rings. The van der Waals surface area contributed by atoms with E-state index in [9.17, 15) is 19.2 Å². The molecule has 0 bridgehead atoms. The highest BCUT2D eigenvalue weighted by molar-refractivity contribution is 6.22. The monoisotopic (exact) mass is 441 g/mol. The number of imide groups is 1. The minimum atomic E-state index is -0.421. The number of nitrogens with one attached hydrogen (secondary N) is 1. The van der Waals surface area contributed by atoms with Crippen LogP contribution < -0.4 is 10.2 Å². The average Bonchev–Trinajstić information content (AvgIpc) is 3.05. The first kappa shape index (κ1) is 22.0. The summed E-state index contributed by atoms with van der Waals surface area (Å²) in [4.78, 5) is 52.3.